The molecule has 0 spiro atoms. The molecule has 1 aliphatic carbocycles. The number of aromatic nitrogens is 1. The van der Waals surface area contributed by atoms with Gasteiger partial charge in [-0.25, -0.2) is 0 Å². The molecule has 0 unspecified atom stereocenters. The van der Waals surface area contributed by atoms with Crippen LogP contribution in [0.4, 0.5) is 0 Å². The number of H-pyrrole nitrogens is 1. The summed E-state index contributed by atoms with van der Waals surface area (Å²) in [5.74, 6) is 1.62. The van der Waals surface area contributed by atoms with Gasteiger partial charge < -0.3 is 4.98 Å². The van der Waals surface area contributed by atoms with Crippen molar-refractivity contribution in [3.05, 3.63) is 39.8 Å². The van der Waals surface area contributed by atoms with Crippen molar-refractivity contribution in [2.24, 2.45) is 0 Å². The normalized spacial score (nSPS) is 16.4. The van der Waals surface area contributed by atoms with Crippen LogP contribution in [0.2, 0.25) is 0 Å². The highest BCUT2D eigenvalue weighted by atomic mass is 79.9. The van der Waals surface area contributed by atoms with Crippen LogP contribution in [0.3, 0.4) is 0 Å². The van der Waals surface area contributed by atoms with Gasteiger partial charge >= 0.3 is 0 Å². The second kappa shape index (κ2) is 4.49. The smallest absolute Gasteiger partial charge is 0.0470 e. The first-order valence-electron chi connectivity index (χ1n) is 6.45. The van der Waals surface area contributed by atoms with Crippen molar-refractivity contribution < 1.29 is 0 Å². The zero-order valence-electron chi connectivity index (χ0n) is 10.1. The molecule has 2 heteroatoms. The number of fused-ring (bicyclic) bond motifs is 3. The second-order valence-electron chi connectivity index (χ2n) is 4.85. The molecule has 1 radical (unpaired) electrons. The summed E-state index contributed by atoms with van der Waals surface area (Å²) in [6.07, 6.45) is 6.26. The van der Waals surface area contributed by atoms with Crippen molar-refractivity contribution >= 4 is 26.8 Å². The lowest BCUT2D eigenvalue weighted by molar-refractivity contribution is 0.649. The Hall–Kier alpha value is -0.760. The topological polar surface area (TPSA) is 15.8 Å². The Bertz CT molecular complexity index is 541. The molecule has 1 heterocycles. The molecule has 17 heavy (non-hydrogen) atoms. The maximum absolute atomic E-state index is 3.68. The summed E-state index contributed by atoms with van der Waals surface area (Å²) in [5, 5.41) is 1.40. The van der Waals surface area contributed by atoms with Crippen LogP contribution in [0, 0.1) is 5.92 Å². The van der Waals surface area contributed by atoms with E-state index in [2.05, 4.69) is 46.0 Å². The number of nitrogens with one attached hydrogen (secondary N) is 1. The maximum Gasteiger partial charge on any atom is 0.0470 e. The van der Waals surface area contributed by atoms with Crippen LogP contribution in [-0.4, -0.2) is 4.98 Å². The number of hydrogen-bond acceptors (Lipinski definition) is 0. The number of aromatic amines is 1. The van der Waals surface area contributed by atoms with Gasteiger partial charge in [0.15, 0.2) is 0 Å². The standard InChI is InChI=1S/C15H17BrN/c1-2-5-10-6-3-7-11-14-12(16)8-4-9-13(14)17-15(10)11/h4,8-9,17H,2-3,5-7H2,1H3. The molecular weight excluding hydrogens is 274 g/mol. The summed E-state index contributed by atoms with van der Waals surface area (Å²) >= 11 is 3.68. The Morgan fingerprint density at radius 1 is 1.29 bits per heavy atom. The third-order valence-corrected chi connectivity index (χ3v) is 4.35. The monoisotopic (exact) mass is 290 g/mol. The van der Waals surface area contributed by atoms with Crippen LogP contribution < -0.4 is 0 Å². The third kappa shape index (κ3) is 1.83. The lowest BCUT2D eigenvalue weighted by atomic mass is 9.84. The van der Waals surface area contributed by atoms with Crippen LogP contribution in [0.25, 0.3) is 10.9 Å². The largest absolute Gasteiger partial charge is 0.358 e. The van der Waals surface area contributed by atoms with E-state index in [1.54, 1.807) is 5.92 Å². The van der Waals surface area contributed by atoms with E-state index in [4.69, 9.17) is 0 Å². The van der Waals surface area contributed by atoms with E-state index in [1.165, 1.54) is 58.7 Å². The molecule has 1 nitrogen and oxygen atoms in total. The molecular formula is C15H17BrN. The highest BCUT2D eigenvalue weighted by Gasteiger charge is 2.24. The van der Waals surface area contributed by atoms with Gasteiger partial charge in [-0.3, -0.25) is 0 Å². The third-order valence-electron chi connectivity index (χ3n) is 3.69. The van der Waals surface area contributed by atoms with E-state index in [9.17, 15) is 0 Å². The minimum Gasteiger partial charge on any atom is -0.358 e. The molecule has 3 rings (SSSR count). The van der Waals surface area contributed by atoms with E-state index in [1.807, 2.05) is 0 Å². The molecule has 0 fully saturated rings. The summed E-state index contributed by atoms with van der Waals surface area (Å²) in [6, 6.07) is 6.43. The predicted molar refractivity (Wildman–Crippen MR) is 76.2 cm³/mol. The number of aryl methyl sites for hydroxylation is 1. The molecule has 1 aliphatic rings. The van der Waals surface area contributed by atoms with Crippen molar-refractivity contribution in [1.29, 1.82) is 0 Å². The molecule has 1 N–H and O–H groups in total. The Balaban J connectivity index is 2.19. The summed E-state index contributed by atoms with van der Waals surface area (Å²) in [5.41, 5.74) is 4.24. The Morgan fingerprint density at radius 2 is 2.18 bits per heavy atom. The van der Waals surface area contributed by atoms with Crippen LogP contribution in [0.1, 0.15) is 43.9 Å². The summed E-state index contributed by atoms with van der Waals surface area (Å²) in [4.78, 5) is 3.62. The highest BCUT2D eigenvalue weighted by Crippen LogP contribution is 2.39. The lowest BCUT2D eigenvalue weighted by Crippen LogP contribution is -2.09. The Labute approximate surface area is 111 Å². The van der Waals surface area contributed by atoms with E-state index in [0.29, 0.717) is 0 Å². The molecule has 0 atom stereocenters. The summed E-state index contributed by atoms with van der Waals surface area (Å²) in [6.45, 7) is 2.26. The highest BCUT2D eigenvalue weighted by molar-refractivity contribution is 9.10. The molecule has 0 aliphatic heterocycles. The van der Waals surface area contributed by atoms with E-state index in [0.717, 1.165) is 0 Å². The van der Waals surface area contributed by atoms with Crippen LogP contribution in [0.15, 0.2) is 22.7 Å². The molecule has 0 bridgehead atoms. The van der Waals surface area contributed by atoms with Crippen molar-refractivity contribution in [2.45, 2.75) is 39.0 Å². The average Bonchev–Trinajstić information content (AvgIpc) is 2.70. The molecule has 0 saturated heterocycles. The van der Waals surface area contributed by atoms with Gasteiger partial charge in [0.2, 0.25) is 0 Å². The molecule has 1 aromatic heterocycles. The zero-order chi connectivity index (χ0) is 11.8. The van der Waals surface area contributed by atoms with Gasteiger partial charge in [0.05, 0.1) is 0 Å². The SMILES string of the molecule is CCC[C]1CCCc2c1[nH]c1cccc(Br)c21. The molecule has 1 aromatic carbocycles. The first kappa shape index (κ1) is 11.3. The molecule has 89 valence electrons. The number of hydrogen-bond donors (Lipinski definition) is 1. The first-order valence-corrected chi connectivity index (χ1v) is 7.24. The van der Waals surface area contributed by atoms with Crippen molar-refractivity contribution in [3.63, 3.8) is 0 Å². The van der Waals surface area contributed by atoms with E-state index < -0.39 is 0 Å². The van der Waals surface area contributed by atoms with E-state index >= 15 is 0 Å². The maximum atomic E-state index is 3.68. The summed E-state index contributed by atoms with van der Waals surface area (Å²) in [7, 11) is 0. The van der Waals surface area contributed by atoms with Crippen molar-refractivity contribution in [2.75, 3.05) is 0 Å². The Kier molecular flexibility index (Phi) is 2.99. The number of rotatable bonds is 2. The van der Waals surface area contributed by atoms with Crippen LogP contribution >= 0.6 is 15.9 Å². The summed E-state index contributed by atoms with van der Waals surface area (Å²) < 4.78 is 1.23. The van der Waals surface area contributed by atoms with Gasteiger partial charge in [0, 0.05) is 27.0 Å². The zero-order valence-corrected chi connectivity index (χ0v) is 11.7. The fraction of sp³-hybridized carbons (Fsp3) is 0.400. The van der Waals surface area contributed by atoms with Crippen LogP contribution in [-0.2, 0) is 6.42 Å². The minimum absolute atomic E-state index is 1.21. The lowest BCUT2D eigenvalue weighted by Gasteiger charge is -2.21. The fourth-order valence-electron chi connectivity index (χ4n) is 2.98. The molecule has 0 saturated carbocycles. The van der Waals surface area contributed by atoms with Crippen molar-refractivity contribution in [3.8, 4) is 0 Å². The Morgan fingerprint density at radius 3 is 3.00 bits per heavy atom. The second-order valence-corrected chi connectivity index (χ2v) is 5.70. The van der Waals surface area contributed by atoms with Gasteiger partial charge in [0.1, 0.15) is 0 Å². The number of benzene rings is 1. The van der Waals surface area contributed by atoms with E-state index in [-0.39, 0.29) is 0 Å². The van der Waals surface area contributed by atoms with Gasteiger partial charge in [-0.05, 0) is 43.4 Å². The molecule has 0 amide bonds. The predicted octanol–water partition coefficient (Wildman–Crippen LogP) is 4.99. The van der Waals surface area contributed by atoms with Gasteiger partial charge in [-0.15, -0.1) is 0 Å². The quantitative estimate of drug-likeness (QED) is 0.802. The van der Waals surface area contributed by atoms with Crippen molar-refractivity contribution in [1.82, 2.24) is 4.98 Å². The van der Waals surface area contributed by atoms with Crippen LogP contribution in [0.5, 0.6) is 0 Å². The number of halogens is 1. The minimum atomic E-state index is 1.21. The average molecular weight is 291 g/mol. The first-order chi connectivity index (χ1) is 8.31. The molecule has 2 aromatic rings. The van der Waals surface area contributed by atoms with Gasteiger partial charge in [-0.1, -0.05) is 35.3 Å². The van der Waals surface area contributed by atoms with Gasteiger partial charge in [-0.2, -0.15) is 0 Å². The fourth-order valence-corrected chi connectivity index (χ4v) is 3.58. The van der Waals surface area contributed by atoms with Gasteiger partial charge in [0.25, 0.3) is 0 Å².